The molecule has 0 fully saturated rings. The minimum atomic E-state index is -5.04. The second kappa shape index (κ2) is 11.6. The van der Waals surface area contributed by atoms with E-state index in [9.17, 15) is 36.2 Å². The number of aliphatic carboxylic acids is 1. The number of hydrogen-bond donors (Lipinski definition) is 1. The summed E-state index contributed by atoms with van der Waals surface area (Å²) in [5.74, 6) is -0.947. The van der Waals surface area contributed by atoms with Gasteiger partial charge < -0.3 is 9.67 Å². The highest BCUT2D eigenvalue weighted by Gasteiger charge is 2.39. The van der Waals surface area contributed by atoms with Gasteiger partial charge in [-0.1, -0.05) is 49.9 Å². The minimum Gasteiger partial charge on any atom is -0.481 e. The average Bonchev–Trinajstić information content (AvgIpc) is 3.15. The van der Waals surface area contributed by atoms with Crippen molar-refractivity contribution in [3.8, 4) is 0 Å². The van der Waals surface area contributed by atoms with Crippen LogP contribution in [0.5, 0.6) is 0 Å². The first-order valence-corrected chi connectivity index (χ1v) is 14.5. The van der Waals surface area contributed by atoms with Gasteiger partial charge in [-0.25, -0.2) is 0 Å². The van der Waals surface area contributed by atoms with Gasteiger partial charge in [-0.05, 0) is 86.2 Å². The molecule has 0 aliphatic rings. The van der Waals surface area contributed by atoms with Crippen LogP contribution >= 0.6 is 11.8 Å². The summed E-state index contributed by atoms with van der Waals surface area (Å²) in [5.41, 5.74) is -0.366. The van der Waals surface area contributed by atoms with Gasteiger partial charge >= 0.3 is 18.3 Å². The van der Waals surface area contributed by atoms with Crippen molar-refractivity contribution in [2.45, 2.75) is 82.6 Å². The number of rotatable bonds is 8. The van der Waals surface area contributed by atoms with E-state index in [1.807, 2.05) is 58.0 Å². The van der Waals surface area contributed by atoms with Gasteiger partial charge in [-0.15, -0.1) is 0 Å². The molecule has 0 aliphatic carbocycles. The maximum atomic E-state index is 14.2. The van der Waals surface area contributed by atoms with Gasteiger partial charge in [0.05, 0.1) is 16.5 Å². The van der Waals surface area contributed by atoms with Gasteiger partial charge in [-0.3, -0.25) is 4.79 Å². The van der Waals surface area contributed by atoms with Crippen LogP contribution in [-0.4, -0.2) is 15.6 Å². The second-order valence-electron chi connectivity index (χ2n) is 11.9. The molecule has 43 heavy (non-hydrogen) atoms. The van der Waals surface area contributed by atoms with Crippen molar-refractivity contribution in [1.82, 2.24) is 4.57 Å². The first-order chi connectivity index (χ1) is 19.8. The molecule has 4 rings (SSSR count). The topological polar surface area (TPSA) is 42.2 Å². The third kappa shape index (κ3) is 6.89. The number of carbonyl (C=O) groups is 1. The molecule has 0 aliphatic heterocycles. The summed E-state index contributed by atoms with van der Waals surface area (Å²) in [6, 6.07) is 13.2. The van der Waals surface area contributed by atoms with Gasteiger partial charge in [0, 0.05) is 39.4 Å². The van der Waals surface area contributed by atoms with Crippen molar-refractivity contribution in [2.75, 3.05) is 0 Å². The Hall–Kier alpha value is -3.40. The van der Waals surface area contributed by atoms with Gasteiger partial charge in [0.2, 0.25) is 0 Å². The molecule has 0 saturated carbocycles. The Morgan fingerprint density at radius 3 is 2.16 bits per heavy atom. The van der Waals surface area contributed by atoms with E-state index in [1.165, 1.54) is 11.8 Å². The normalized spacial score (nSPS) is 12.9. The lowest BCUT2D eigenvalue weighted by molar-refractivity contribution is -0.147. The van der Waals surface area contributed by atoms with Crippen LogP contribution in [0.15, 0.2) is 64.4 Å². The zero-order valence-corrected chi connectivity index (χ0v) is 25.5. The summed E-state index contributed by atoms with van der Waals surface area (Å²) in [5, 5.41) is 10.8. The molecule has 0 spiro atoms. The fourth-order valence-electron chi connectivity index (χ4n) is 4.97. The van der Waals surface area contributed by atoms with Crippen molar-refractivity contribution in [2.24, 2.45) is 5.41 Å². The molecular weight excluding hydrogens is 588 g/mol. The number of hydrogen-bond acceptors (Lipinski definition) is 2. The van der Waals surface area contributed by atoms with Crippen LogP contribution < -0.4 is 0 Å². The molecule has 1 aromatic heterocycles. The number of alkyl halides is 6. The summed E-state index contributed by atoms with van der Waals surface area (Å²) in [7, 11) is 0. The van der Waals surface area contributed by atoms with Gasteiger partial charge in [0.25, 0.3) is 0 Å². The monoisotopic (exact) mass is 621 g/mol. The van der Waals surface area contributed by atoms with Crippen LogP contribution in [0, 0.1) is 19.3 Å². The van der Waals surface area contributed by atoms with Crippen molar-refractivity contribution >= 4 is 28.6 Å². The summed E-state index contributed by atoms with van der Waals surface area (Å²) in [6.07, 6.45) is -10.0. The third-order valence-electron chi connectivity index (χ3n) is 7.63. The van der Waals surface area contributed by atoms with Gasteiger partial charge in [-0.2, -0.15) is 26.3 Å². The molecule has 0 unspecified atom stereocenters. The summed E-state index contributed by atoms with van der Waals surface area (Å²) < 4.78 is 84.3. The van der Waals surface area contributed by atoms with Crippen LogP contribution in [0.4, 0.5) is 26.3 Å². The highest BCUT2D eigenvalue weighted by molar-refractivity contribution is 7.99. The van der Waals surface area contributed by atoms with E-state index in [0.29, 0.717) is 22.2 Å². The fraction of sp³-hybridized carbons (Fsp3) is 0.364. The number of aryl methyl sites for hydroxylation is 2. The fourth-order valence-corrected chi connectivity index (χ4v) is 6.24. The molecule has 0 bridgehead atoms. The van der Waals surface area contributed by atoms with Crippen molar-refractivity contribution in [1.29, 1.82) is 0 Å². The predicted molar refractivity (Wildman–Crippen MR) is 157 cm³/mol. The number of aromatic nitrogens is 1. The Kier molecular flexibility index (Phi) is 8.77. The largest absolute Gasteiger partial charge is 0.481 e. The lowest BCUT2D eigenvalue weighted by atomic mass is 9.88. The molecule has 4 aromatic rings. The van der Waals surface area contributed by atoms with Crippen molar-refractivity contribution in [3.05, 3.63) is 93.7 Å². The van der Waals surface area contributed by atoms with Crippen LogP contribution in [0.25, 0.3) is 10.9 Å². The molecule has 10 heteroatoms. The number of fused-ring (bicyclic) bond motifs is 1. The highest BCUT2D eigenvalue weighted by atomic mass is 32.2. The molecule has 1 N–H and O–H groups in total. The quantitative estimate of drug-likeness (QED) is 0.199. The lowest BCUT2D eigenvalue weighted by Gasteiger charge is -2.23. The van der Waals surface area contributed by atoms with Crippen LogP contribution in [0.3, 0.4) is 0 Å². The minimum absolute atomic E-state index is 0.0246. The molecule has 0 atom stereocenters. The van der Waals surface area contributed by atoms with E-state index in [-0.39, 0.29) is 24.0 Å². The number of halogens is 6. The third-order valence-corrected chi connectivity index (χ3v) is 8.95. The zero-order valence-electron chi connectivity index (χ0n) is 24.7. The Labute approximate surface area is 250 Å². The Bertz CT molecular complexity index is 1680. The molecule has 230 valence electrons. The van der Waals surface area contributed by atoms with Crippen molar-refractivity contribution in [3.63, 3.8) is 0 Å². The zero-order chi connectivity index (χ0) is 32.1. The standard InChI is InChI=1S/C33H33F6NO2S/c1-18(2)21-10-12-26-24(14-21)29(43-28-13-19(3)7-8-20(28)4)27(16-31(5,6)30(41)42)40(26)17-22-9-11-23(32(34,35)36)15-25(22)33(37,38)39/h7-15,18H,16-17H2,1-6H3,(H,41,42). The van der Waals surface area contributed by atoms with Gasteiger partial charge in [0.15, 0.2) is 0 Å². The highest BCUT2D eigenvalue weighted by Crippen LogP contribution is 2.44. The maximum absolute atomic E-state index is 14.2. The van der Waals surface area contributed by atoms with Crippen LogP contribution in [-0.2, 0) is 30.1 Å². The molecule has 1 heterocycles. The number of carboxylic acids is 1. The lowest BCUT2D eigenvalue weighted by Crippen LogP contribution is -2.28. The summed E-state index contributed by atoms with van der Waals surface area (Å²) in [6.45, 7) is 10.6. The van der Waals surface area contributed by atoms with E-state index in [0.717, 1.165) is 33.0 Å². The van der Waals surface area contributed by atoms with Gasteiger partial charge in [0.1, 0.15) is 0 Å². The molecule has 0 radical (unpaired) electrons. The Morgan fingerprint density at radius 2 is 1.58 bits per heavy atom. The van der Waals surface area contributed by atoms with E-state index in [4.69, 9.17) is 0 Å². The number of nitrogens with zero attached hydrogens (tertiary/aromatic N) is 1. The summed E-state index contributed by atoms with van der Waals surface area (Å²) >= 11 is 1.42. The van der Waals surface area contributed by atoms with E-state index >= 15 is 0 Å². The molecule has 3 nitrogen and oxygen atoms in total. The first-order valence-electron chi connectivity index (χ1n) is 13.7. The number of benzene rings is 3. The first kappa shape index (κ1) is 32.5. The Balaban J connectivity index is 2.05. The second-order valence-corrected chi connectivity index (χ2v) is 12.9. The van der Waals surface area contributed by atoms with E-state index in [1.54, 1.807) is 24.5 Å². The molecule has 3 aromatic carbocycles. The van der Waals surface area contributed by atoms with Crippen molar-refractivity contribution < 1.29 is 36.2 Å². The van der Waals surface area contributed by atoms with Crippen LogP contribution in [0.1, 0.15) is 72.7 Å². The molecule has 0 amide bonds. The summed E-state index contributed by atoms with van der Waals surface area (Å²) in [4.78, 5) is 13.9. The van der Waals surface area contributed by atoms with E-state index in [2.05, 4.69) is 0 Å². The number of carboxylic acid groups (broad SMARTS) is 1. The smallest absolute Gasteiger partial charge is 0.416 e. The maximum Gasteiger partial charge on any atom is 0.416 e. The average molecular weight is 622 g/mol. The predicted octanol–water partition coefficient (Wildman–Crippen LogP) is 10.3. The Morgan fingerprint density at radius 1 is 0.907 bits per heavy atom. The van der Waals surface area contributed by atoms with E-state index < -0.39 is 41.4 Å². The SMILES string of the molecule is Cc1ccc(C)c(Sc2c(CC(C)(C)C(=O)O)n(Cc3ccc(C(F)(F)F)cc3C(F)(F)F)c3ccc(C(C)C)cc23)c1. The molecular formula is C33H33F6NO2S. The van der Waals surface area contributed by atoms with Crippen LogP contribution in [0.2, 0.25) is 0 Å². The molecule has 0 saturated heterocycles.